The molecule has 0 aromatic heterocycles. The third-order valence-electron chi connectivity index (χ3n) is 3.65. The molecule has 0 unspecified atom stereocenters. The Morgan fingerprint density at radius 3 is 2.13 bits per heavy atom. The molecule has 1 aliphatic rings. The van der Waals surface area contributed by atoms with Crippen LogP contribution in [0.15, 0.2) is 12.1 Å². The molecule has 1 aliphatic heterocycles. The number of hydrogen-bond donors (Lipinski definition) is 7. The Labute approximate surface area is 131 Å². The zero-order valence-electron chi connectivity index (χ0n) is 12.1. The molecule has 1 aromatic rings. The van der Waals surface area contributed by atoms with Crippen LogP contribution in [0.1, 0.15) is 5.56 Å². The van der Waals surface area contributed by atoms with Gasteiger partial charge in [0.1, 0.15) is 24.4 Å². The number of aliphatic hydroxyl groups is 4. The van der Waals surface area contributed by atoms with Crippen LogP contribution in [0.5, 0.6) is 17.2 Å². The van der Waals surface area contributed by atoms with Gasteiger partial charge in [0, 0.05) is 0 Å². The molecular formula is C14H20O9. The van der Waals surface area contributed by atoms with Crippen molar-refractivity contribution >= 4 is 0 Å². The van der Waals surface area contributed by atoms with Gasteiger partial charge < -0.3 is 45.2 Å². The van der Waals surface area contributed by atoms with E-state index in [4.69, 9.17) is 14.6 Å². The second-order valence-corrected chi connectivity index (χ2v) is 5.30. The van der Waals surface area contributed by atoms with E-state index in [1.165, 1.54) is 12.1 Å². The smallest absolute Gasteiger partial charge is 0.200 e. The molecule has 130 valence electrons. The topological polar surface area (TPSA) is 160 Å². The summed E-state index contributed by atoms with van der Waals surface area (Å²) in [5, 5.41) is 66.1. The molecular weight excluding hydrogens is 312 g/mol. The molecule has 0 amide bonds. The molecule has 5 atom stereocenters. The summed E-state index contributed by atoms with van der Waals surface area (Å²) in [6.45, 7) is -0.559. The maximum atomic E-state index is 9.79. The number of phenols is 3. The third-order valence-corrected chi connectivity index (χ3v) is 3.65. The Balaban J connectivity index is 1.93. The molecule has 7 N–H and O–H groups in total. The average molecular weight is 332 g/mol. The fraction of sp³-hybridized carbons (Fsp3) is 0.571. The highest BCUT2D eigenvalue weighted by atomic mass is 16.7. The zero-order valence-corrected chi connectivity index (χ0v) is 12.1. The Hall–Kier alpha value is -1.62. The van der Waals surface area contributed by atoms with Crippen LogP contribution in [0.25, 0.3) is 0 Å². The predicted molar refractivity (Wildman–Crippen MR) is 74.9 cm³/mol. The van der Waals surface area contributed by atoms with Gasteiger partial charge in [0.2, 0.25) is 0 Å². The Morgan fingerprint density at radius 1 is 0.957 bits per heavy atom. The minimum Gasteiger partial charge on any atom is -0.504 e. The van der Waals surface area contributed by atoms with Crippen molar-refractivity contribution in [3.63, 3.8) is 0 Å². The summed E-state index contributed by atoms with van der Waals surface area (Å²) >= 11 is 0. The second-order valence-electron chi connectivity index (χ2n) is 5.30. The Kier molecular flexibility index (Phi) is 5.63. The normalized spacial score (nSPS) is 31.2. The molecule has 9 heteroatoms. The quantitative estimate of drug-likeness (QED) is 0.307. The van der Waals surface area contributed by atoms with Crippen LogP contribution < -0.4 is 0 Å². The van der Waals surface area contributed by atoms with E-state index in [1.807, 2.05) is 0 Å². The lowest BCUT2D eigenvalue weighted by atomic mass is 9.99. The highest BCUT2D eigenvalue weighted by Crippen LogP contribution is 2.35. The van der Waals surface area contributed by atoms with Crippen LogP contribution in [0, 0.1) is 0 Å². The maximum Gasteiger partial charge on any atom is 0.200 e. The van der Waals surface area contributed by atoms with Gasteiger partial charge in [-0.1, -0.05) is 0 Å². The number of rotatable bonds is 5. The highest BCUT2D eigenvalue weighted by Gasteiger charge is 2.43. The minimum absolute atomic E-state index is 0.00759. The summed E-state index contributed by atoms with van der Waals surface area (Å²) in [6.07, 6.45) is -6.57. The summed E-state index contributed by atoms with van der Waals surface area (Å²) < 4.78 is 10.4. The molecule has 1 fully saturated rings. The van der Waals surface area contributed by atoms with E-state index in [-0.39, 0.29) is 13.0 Å². The molecule has 0 bridgehead atoms. The zero-order chi connectivity index (χ0) is 17.1. The van der Waals surface area contributed by atoms with E-state index >= 15 is 0 Å². The van der Waals surface area contributed by atoms with Crippen LogP contribution in [-0.4, -0.2) is 79.7 Å². The molecule has 1 saturated heterocycles. The largest absolute Gasteiger partial charge is 0.504 e. The summed E-state index contributed by atoms with van der Waals surface area (Å²) in [7, 11) is 0. The number of hydrogen-bond acceptors (Lipinski definition) is 9. The van der Waals surface area contributed by atoms with Crippen LogP contribution in [0.2, 0.25) is 0 Å². The summed E-state index contributed by atoms with van der Waals surface area (Å²) in [5.74, 6) is -1.58. The standard InChI is InChI=1S/C14H20O9/c15-5-9-11(19)12(20)13(21)14(23-9)22-2-1-6-3-7(16)10(18)8(17)4-6/h3-4,9,11-21H,1-2,5H2/t9-,11-,12+,13-,14-/m1/s1. The first-order valence-corrected chi connectivity index (χ1v) is 7.01. The molecule has 0 saturated carbocycles. The SMILES string of the molecule is OC[C@H]1O[C@@H](OCCc2cc(O)c(O)c(O)c2)[C@H](O)[C@@H](O)[C@@H]1O. The molecule has 0 radical (unpaired) electrons. The van der Waals surface area contributed by atoms with E-state index in [1.54, 1.807) is 0 Å². The molecule has 1 heterocycles. The van der Waals surface area contributed by atoms with Gasteiger partial charge in [0.25, 0.3) is 0 Å². The van der Waals surface area contributed by atoms with Crippen LogP contribution in [0.4, 0.5) is 0 Å². The van der Waals surface area contributed by atoms with Gasteiger partial charge in [0.15, 0.2) is 23.5 Å². The van der Waals surface area contributed by atoms with Crippen molar-refractivity contribution in [2.45, 2.75) is 37.1 Å². The third kappa shape index (κ3) is 3.83. The first-order valence-electron chi connectivity index (χ1n) is 7.01. The van der Waals surface area contributed by atoms with Gasteiger partial charge in [-0.2, -0.15) is 0 Å². The Bertz CT molecular complexity index is 510. The summed E-state index contributed by atoms with van der Waals surface area (Å²) in [6, 6.07) is 2.48. The lowest BCUT2D eigenvalue weighted by Gasteiger charge is -2.39. The van der Waals surface area contributed by atoms with E-state index < -0.39 is 54.6 Å². The molecule has 1 aromatic carbocycles. The molecule has 9 nitrogen and oxygen atoms in total. The van der Waals surface area contributed by atoms with E-state index in [2.05, 4.69) is 0 Å². The fourth-order valence-corrected chi connectivity index (χ4v) is 2.30. The molecule has 2 rings (SSSR count). The van der Waals surface area contributed by atoms with Crippen molar-refractivity contribution in [2.24, 2.45) is 0 Å². The predicted octanol–water partition coefficient (Wildman–Crippen LogP) is -1.84. The molecule has 0 aliphatic carbocycles. The minimum atomic E-state index is -1.52. The second kappa shape index (κ2) is 7.30. The monoisotopic (exact) mass is 332 g/mol. The van der Waals surface area contributed by atoms with Gasteiger partial charge in [-0.25, -0.2) is 0 Å². The van der Waals surface area contributed by atoms with E-state index in [0.29, 0.717) is 5.56 Å². The van der Waals surface area contributed by atoms with E-state index in [9.17, 15) is 30.6 Å². The number of benzene rings is 1. The molecule has 0 spiro atoms. The van der Waals surface area contributed by atoms with Gasteiger partial charge in [0.05, 0.1) is 13.2 Å². The summed E-state index contributed by atoms with van der Waals surface area (Å²) in [5.41, 5.74) is 0.461. The van der Waals surface area contributed by atoms with Crippen LogP contribution in [-0.2, 0) is 15.9 Å². The van der Waals surface area contributed by atoms with E-state index in [0.717, 1.165) is 0 Å². The summed E-state index contributed by atoms with van der Waals surface area (Å²) in [4.78, 5) is 0. The fourth-order valence-electron chi connectivity index (χ4n) is 2.30. The van der Waals surface area contributed by atoms with Crippen molar-refractivity contribution < 1.29 is 45.2 Å². The molecule has 23 heavy (non-hydrogen) atoms. The van der Waals surface area contributed by atoms with Crippen molar-refractivity contribution in [3.05, 3.63) is 17.7 Å². The highest BCUT2D eigenvalue weighted by molar-refractivity contribution is 5.51. The van der Waals surface area contributed by atoms with Gasteiger partial charge in [-0.15, -0.1) is 0 Å². The van der Waals surface area contributed by atoms with Crippen LogP contribution >= 0.6 is 0 Å². The van der Waals surface area contributed by atoms with Crippen molar-refractivity contribution in [1.82, 2.24) is 0 Å². The number of ether oxygens (including phenoxy) is 2. The van der Waals surface area contributed by atoms with Crippen molar-refractivity contribution in [3.8, 4) is 17.2 Å². The van der Waals surface area contributed by atoms with Gasteiger partial charge >= 0.3 is 0 Å². The van der Waals surface area contributed by atoms with Crippen molar-refractivity contribution in [1.29, 1.82) is 0 Å². The van der Waals surface area contributed by atoms with Gasteiger partial charge in [-0.05, 0) is 24.1 Å². The number of phenolic OH excluding ortho intramolecular Hbond substituents is 3. The lowest BCUT2D eigenvalue weighted by molar-refractivity contribution is -0.300. The Morgan fingerprint density at radius 2 is 1.57 bits per heavy atom. The van der Waals surface area contributed by atoms with Crippen LogP contribution in [0.3, 0.4) is 0 Å². The first kappa shape index (κ1) is 17.7. The van der Waals surface area contributed by atoms with Gasteiger partial charge in [-0.3, -0.25) is 0 Å². The van der Waals surface area contributed by atoms with Crippen molar-refractivity contribution in [2.75, 3.05) is 13.2 Å². The number of aliphatic hydroxyl groups excluding tert-OH is 4. The lowest BCUT2D eigenvalue weighted by Crippen LogP contribution is -2.59. The maximum absolute atomic E-state index is 9.79. The number of aromatic hydroxyl groups is 3. The average Bonchev–Trinajstić information content (AvgIpc) is 2.52. The first-order chi connectivity index (χ1) is 10.8.